The number of amides is 4. The molecule has 2 aromatic rings. The van der Waals surface area contributed by atoms with Crippen molar-refractivity contribution in [3.8, 4) is 0 Å². The van der Waals surface area contributed by atoms with Crippen LogP contribution in [0.25, 0.3) is 0 Å². The van der Waals surface area contributed by atoms with Gasteiger partial charge in [0.05, 0.1) is 0 Å². The zero-order chi connectivity index (χ0) is 27.1. The summed E-state index contributed by atoms with van der Waals surface area (Å²) in [5.74, 6) is -1.75. The Bertz CT molecular complexity index is 1150. The van der Waals surface area contributed by atoms with Gasteiger partial charge in [0, 0.05) is 23.5 Å². The maximum absolute atomic E-state index is 13.3. The third-order valence-corrected chi connectivity index (χ3v) is 6.14. The molecule has 9 heteroatoms. The number of fused-ring (bicyclic) bond motifs is 4. The molecule has 0 spiro atoms. The van der Waals surface area contributed by atoms with E-state index < -0.39 is 35.8 Å². The first-order valence-electron chi connectivity index (χ1n) is 12.7. The highest BCUT2D eigenvalue weighted by atomic mass is 16.2. The zero-order valence-corrected chi connectivity index (χ0v) is 22.1. The van der Waals surface area contributed by atoms with E-state index in [2.05, 4.69) is 26.6 Å². The van der Waals surface area contributed by atoms with Crippen molar-refractivity contribution in [3.63, 3.8) is 0 Å². The second kappa shape index (κ2) is 12.4. The Balaban J connectivity index is 1.96. The van der Waals surface area contributed by atoms with Gasteiger partial charge in [-0.05, 0) is 61.1 Å². The summed E-state index contributed by atoms with van der Waals surface area (Å²) in [6.07, 6.45) is 0.380. The summed E-state index contributed by atoms with van der Waals surface area (Å²) in [4.78, 5) is 52.2. The smallest absolute Gasteiger partial charge is 0.252 e. The van der Waals surface area contributed by atoms with Crippen LogP contribution in [0.5, 0.6) is 0 Å². The summed E-state index contributed by atoms with van der Waals surface area (Å²) in [5, 5.41) is 14.5. The van der Waals surface area contributed by atoms with E-state index in [1.54, 1.807) is 25.1 Å². The molecule has 4 bridgehead atoms. The van der Waals surface area contributed by atoms with Crippen LogP contribution in [-0.4, -0.2) is 41.8 Å². The molecule has 0 aromatic heterocycles. The fourth-order valence-electron chi connectivity index (χ4n) is 4.11. The second-order valence-corrected chi connectivity index (χ2v) is 10.2. The van der Waals surface area contributed by atoms with Gasteiger partial charge >= 0.3 is 0 Å². The van der Waals surface area contributed by atoms with Gasteiger partial charge in [0.15, 0.2) is 0 Å². The summed E-state index contributed by atoms with van der Waals surface area (Å²) in [7, 11) is 0. The first-order valence-corrected chi connectivity index (χ1v) is 12.7. The monoisotopic (exact) mass is 507 g/mol. The molecule has 1 aliphatic rings. The number of benzene rings is 2. The van der Waals surface area contributed by atoms with Crippen molar-refractivity contribution in [2.24, 2.45) is 11.8 Å². The van der Waals surface area contributed by atoms with E-state index in [4.69, 9.17) is 0 Å². The van der Waals surface area contributed by atoms with E-state index in [0.29, 0.717) is 17.7 Å². The van der Waals surface area contributed by atoms with Gasteiger partial charge < -0.3 is 26.6 Å². The molecule has 198 valence electrons. The van der Waals surface area contributed by atoms with Crippen molar-refractivity contribution in [2.45, 2.75) is 65.7 Å². The maximum atomic E-state index is 13.3. The highest BCUT2D eigenvalue weighted by Crippen LogP contribution is 2.20. The van der Waals surface area contributed by atoms with Gasteiger partial charge in [-0.25, -0.2) is 0 Å². The Hall–Kier alpha value is -3.88. The summed E-state index contributed by atoms with van der Waals surface area (Å²) >= 11 is 0. The molecule has 0 fully saturated rings. The minimum atomic E-state index is -0.855. The minimum Gasteiger partial charge on any atom is -0.355 e. The lowest BCUT2D eigenvalue weighted by Crippen LogP contribution is -2.57. The van der Waals surface area contributed by atoms with Crippen LogP contribution in [0.1, 0.15) is 57.0 Å². The average molecular weight is 508 g/mol. The minimum absolute atomic E-state index is 0.108. The van der Waals surface area contributed by atoms with Crippen LogP contribution >= 0.6 is 0 Å². The molecule has 2 aromatic carbocycles. The van der Waals surface area contributed by atoms with Gasteiger partial charge in [0.25, 0.3) is 5.91 Å². The van der Waals surface area contributed by atoms with E-state index in [1.165, 1.54) is 0 Å². The Kier molecular flexibility index (Phi) is 9.27. The number of hydrogen-bond donors (Lipinski definition) is 5. The van der Waals surface area contributed by atoms with Crippen molar-refractivity contribution >= 4 is 35.0 Å². The Morgan fingerprint density at radius 3 is 2.16 bits per heavy atom. The fraction of sp³-hybridized carbons (Fsp3) is 0.429. The lowest BCUT2D eigenvalue weighted by Gasteiger charge is -2.27. The normalized spacial score (nSPS) is 21.5. The predicted octanol–water partition coefficient (Wildman–Crippen LogP) is 2.85. The Morgan fingerprint density at radius 2 is 1.49 bits per heavy atom. The van der Waals surface area contributed by atoms with Gasteiger partial charge in [-0.15, -0.1) is 0 Å². The molecule has 37 heavy (non-hydrogen) atoms. The number of carbonyl (C=O) groups excluding carboxylic acids is 4. The van der Waals surface area contributed by atoms with Crippen LogP contribution in [0.3, 0.4) is 0 Å². The van der Waals surface area contributed by atoms with Crippen LogP contribution in [0.4, 0.5) is 11.4 Å². The average Bonchev–Trinajstić information content (AvgIpc) is 2.84. The molecule has 3 rings (SSSR count). The lowest BCUT2D eigenvalue weighted by atomic mass is 9.99. The number of carbonyl (C=O) groups is 4. The van der Waals surface area contributed by atoms with Crippen molar-refractivity contribution in [1.29, 1.82) is 0 Å². The molecular weight excluding hydrogens is 470 g/mol. The van der Waals surface area contributed by atoms with Gasteiger partial charge in [-0.2, -0.15) is 0 Å². The lowest BCUT2D eigenvalue weighted by molar-refractivity contribution is -0.133. The summed E-state index contributed by atoms with van der Waals surface area (Å²) in [6.45, 7) is 9.43. The molecule has 1 aliphatic heterocycles. The van der Waals surface area contributed by atoms with Crippen molar-refractivity contribution in [3.05, 3.63) is 59.7 Å². The highest BCUT2D eigenvalue weighted by molar-refractivity contribution is 5.99. The van der Waals surface area contributed by atoms with Gasteiger partial charge in [-0.3, -0.25) is 19.2 Å². The Morgan fingerprint density at radius 1 is 0.811 bits per heavy atom. The molecular formula is C28H37N5O4. The van der Waals surface area contributed by atoms with E-state index in [-0.39, 0.29) is 24.3 Å². The van der Waals surface area contributed by atoms with Crippen molar-refractivity contribution < 1.29 is 19.2 Å². The first-order chi connectivity index (χ1) is 17.5. The molecule has 0 aliphatic carbocycles. The standard InChI is InChI=1S/C28H37N5O4/c1-16(2)12-23-27(36)30-18(5)25(34)29-15-19-8-6-10-21(13-19)31-22-11-7-9-20(14-22)26(35)33-24(17(3)4)28(37)32-23/h6-11,13-14,16-18,23-24,31H,12,15H2,1-5H3,(H,29,34)(H,30,36)(H,32,37)(H,33,35)/t18-,23-,24-/m0/s1. The van der Waals surface area contributed by atoms with Gasteiger partial charge in [-0.1, -0.05) is 45.9 Å². The van der Waals surface area contributed by atoms with E-state index in [9.17, 15) is 19.2 Å². The maximum Gasteiger partial charge on any atom is 0.252 e. The molecule has 0 saturated heterocycles. The molecule has 4 amide bonds. The topological polar surface area (TPSA) is 128 Å². The van der Waals surface area contributed by atoms with Crippen LogP contribution in [0.2, 0.25) is 0 Å². The van der Waals surface area contributed by atoms with Crippen LogP contribution in [-0.2, 0) is 20.9 Å². The third-order valence-electron chi connectivity index (χ3n) is 6.14. The highest BCUT2D eigenvalue weighted by Gasteiger charge is 2.30. The van der Waals surface area contributed by atoms with Gasteiger partial charge in [0.1, 0.15) is 18.1 Å². The number of hydrogen-bond acceptors (Lipinski definition) is 5. The largest absolute Gasteiger partial charge is 0.355 e. The van der Waals surface area contributed by atoms with Crippen LogP contribution in [0, 0.1) is 11.8 Å². The molecule has 5 N–H and O–H groups in total. The number of rotatable bonds is 3. The summed E-state index contributed by atoms with van der Waals surface area (Å²) < 4.78 is 0. The molecule has 0 radical (unpaired) electrons. The molecule has 0 saturated carbocycles. The van der Waals surface area contributed by atoms with E-state index >= 15 is 0 Å². The first kappa shape index (κ1) is 27.7. The van der Waals surface area contributed by atoms with Crippen LogP contribution < -0.4 is 26.6 Å². The van der Waals surface area contributed by atoms with Gasteiger partial charge in [0.2, 0.25) is 17.7 Å². The predicted molar refractivity (Wildman–Crippen MR) is 143 cm³/mol. The summed E-state index contributed by atoms with van der Waals surface area (Å²) in [5.41, 5.74) is 2.76. The number of nitrogens with one attached hydrogen (secondary N) is 5. The van der Waals surface area contributed by atoms with Crippen molar-refractivity contribution in [1.82, 2.24) is 21.3 Å². The van der Waals surface area contributed by atoms with E-state index in [0.717, 1.165) is 11.3 Å². The second-order valence-electron chi connectivity index (χ2n) is 10.2. The zero-order valence-electron chi connectivity index (χ0n) is 22.1. The fourth-order valence-corrected chi connectivity index (χ4v) is 4.11. The third kappa shape index (κ3) is 7.80. The van der Waals surface area contributed by atoms with Crippen LogP contribution in [0.15, 0.2) is 48.5 Å². The van der Waals surface area contributed by atoms with E-state index in [1.807, 2.05) is 58.0 Å². The SMILES string of the molecule is CC(C)C[C@@H]1NC(=O)[C@H](C(C)C)NC(=O)c2cccc(c2)Nc2cccc(c2)CNC(=O)[C@H](C)NC1=O. The molecule has 0 unspecified atom stereocenters. The summed E-state index contributed by atoms with van der Waals surface area (Å²) in [6, 6.07) is 12.0. The van der Waals surface area contributed by atoms with Crippen molar-refractivity contribution in [2.75, 3.05) is 5.32 Å². The quantitative estimate of drug-likeness (QED) is 0.436. The molecule has 1 heterocycles. The Labute approximate surface area is 218 Å². The molecule has 3 atom stereocenters. The number of anilines is 2. The molecule has 9 nitrogen and oxygen atoms in total.